The van der Waals surface area contributed by atoms with Gasteiger partial charge in [-0.1, -0.05) is 47.0 Å². The van der Waals surface area contributed by atoms with Crippen LogP contribution in [0.4, 0.5) is 9.52 Å². The van der Waals surface area contributed by atoms with E-state index >= 15 is 0 Å². The minimum Gasteiger partial charge on any atom is -0.300 e. The predicted molar refractivity (Wildman–Crippen MR) is 94.0 cm³/mol. The van der Waals surface area contributed by atoms with Gasteiger partial charge in [0.25, 0.3) is 0 Å². The fourth-order valence-electron chi connectivity index (χ4n) is 1.67. The number of carbonyl (C=O) groups excluding carboxylic acids is 1. The molecule has 1 amide bonds. The molecule has 0 saturated heterocycles. The lowest BCUT2D eigenvalue weighted by Crippen LogP contribution is -2.14. The van der Waals surface area contributed by atoms with E-state index < -0.39 is 0 Å². The van der Waals surface area contributed by atoms with Crippen LogP contribution in [0, 0.1) is 5.82 Å². The molecule has 0 saturated carbocycles. The van der Waals surface area contributed by atoms with Crippen LogP contribution in [0.5, 0.6) is 0 Å². The SMILES string of the molecule is Cn1nnnc1SCC(=O)Nc1nnc(SCc2ccc(F)cc2)s1. The van der Waals surface area contributed by atoms with Gasteiger partial charge in [0, 0.05) is 12.8 Å². The van der Waals surface area contributed by atoms with Crippen LogP contribution in [0.3, 0.4) is 0 Å². The lowest BCUT2D eigenvalue weighted by Gasteiger charge is -2.00. The van der Waals surface area contributed by atoms with Gasteiger partial charge < -0.3 is 0 Å². The van der Waals surface area contributed by atoms with Crippen LogP contribution in [0.25, 0.3) is 0 Å². The minimum absolute atomic E-state index is 0.172. The quantitative estimate of drug-likeness (QED) is 0.479. The van der Waals surface area contributed by atoms with Crippen molar-refractivity contribution in [1.82, 2.24) is 30.4 Å². The third kappa shape index (κ3) is 5.21. The summed E-state index contributed by atoms with van der Waals surface area (Å²) in [5, 5.41) is 22.6. The van der Waals surface area contributed by atoms with Crippen molar-refractivity contribution in [2.24, 2.45) is 7.05 Å². The van der Waals surface area contributed by atoms with E-state index in [1.54, 1.807) is 19.2 Å². The van der Waals surface area contributed by atoms with Crippen LogP contribution in [-0.2, 0) is 17.6 Å². The number of anilines is 1. The summed E-state index contributed by atoms with van der Waals surface area (Å²) in [6.07, 6.45) is 0. The second kappa shape index (κ2) is 8.36. The van der Waals surface area contributed by atoms with Gasteiger partial charge in [-0.3, -0.25) is 10.1 Å². The zero-order valence-corrected chi connectivity index (χ0v) is 15.4. The third-order valence-electron chi connectivity index (χ3n) is 2.84. The molecule has 8 nitrogen and oxygen atoms in total. The number of nitrogens with one attached hydrogen (secondary N) is 1. The summed E-state index contributed by atoms with van der Waals surface area (Å²) in [6, 6.07) is 6.30. The molecule has 25 heavy (non-hydrogen) atoms. The molecule has 3 rings (SSSR count). The molecule has 0 aliphatic rings. The van der Waals surface area contributed by atoms with Crippen LogP contribution >= 0.6 is 34.9 Å². The van der Waals surface area contributed by atoms with E-state index in [0.717, 1.165) is 9.90 Å². The summed E-state index contributed by atoms with van der Waals surface area (Å²) in [5.74, 6) is 0.354. The van der Waals surface area contributed by atoms with Crippen molar-refractivity contribution in [3.05, 3.63) is 35.6 Å². The normalized spacial score (nSPS) is 10.8. The first-order valence-electron chi connectivity index (χ1n) is 6.96. The van der Waals surface area contributed by atoms with E-state index in [2.05, 4.69) is 31.0 Å². The first-order chi connectivity index (χ1) is 12.1. The van der Waals surface area contributed by atoms with Crippen LogP contribution in [-0.4, -0.2) is 42.1 Å². The van der Waals surface area contributed by atoms with E-state index in [1.165, 1.54) is 51.7 Å². The summed E-state index contributed by atoms with van der Waals surface area (Å²) in [4.78, 5) is 11.9. The van der Waals surface area contributed by atoms with E-state index in [0.29, 0.717) is 16.0 Å². The predicted octanol–water partition coefficient (Wildman–Crippen LogP) is 2.22. The second-order valence-corrected chi connectivity index (χ2v) is 7.85. The second-order valence-electron chi connectivity index (χ2n) is 4.71. The minimum atomic E-state index is -0.260. The smallest absolute Gasteiger partial charge is 0.236 e. The van der Waals surface area contributed by atoms with Crippen molar-refractivity contribution in [2.45, 2.75) is 15.2 Å². The topological polar surface area (TPSA) is 98.5 Å². The lowest BCUT2D eigenvalue weighted by molar-refractivity contribution is -0.113. The summed E-state index contributed by atoms with van der Waals surface area (Å²) < 4.78 is 15.1. The number of aromatic nitrogens is 6. The van der Waals surface area contributed by atoms with Crippen LogP contribution in [0.2, 0.25) is 0 Å². The van der Waals surface area contributed by atoms with Gasteiger partial charge in [0.2, 0.25) is 16.2 Å². The molecule has 0 unspecified atom stereocenters. The highest BCUT2D eigenvalue weighted by molar-refractivity contribution is 8.00. The van der Waals surface area contributed by atoms with Gasteiger partial charge in [0.05, 0.1) is 5.75 Å². The zero-order valence-electron chi connectivity index (χ0n) is 12.9. The van der Waals surface area contributed by atoms with Crippen molar-refractivity contribution in [3.8, 4) is 0 Å². The number of tetrazole rings is 1. The Labute approximate surface area is 154 Å². The van der Waals surface area contributed by atoms with Gasteiger partial charge in [-0.2, -0.15) is 0 Å². The number of hydrogen-bond donors (Lipinski definition) is 1. The van der Waals surface area contributed by atoms with Crippen molar-refractivity contribution in [3.63, 3.8) is 0 Å². The molecule has 12 heteroatoms. The molecule has 130 valence electrons. The number of benzene rings is 1. The Morgan fingerprint density at radius 2 is 2.04 bits per heavy atom. The third-order valence-corrected chi connectivity index (χ3v) is 5.90. The average Bonchev–Trinajstić information content (AvgIpc) is 3.21. The molecular weight excluding hydrogens is 385 g/mol. The number of hydrogen-bond acceptors (Lipinski definition) is 9. The Morgan fingerprint density at radius 3 is 2.76 bits per heavy atom. The Kier molecular flexibility index (Phi) is 5.94. The molecule has 0 spiro atoms. The van der Waals surface area contributed by atoms with Gasteiger partial charge >= 0.3 is 0 Å². The lowest BCUT2D eigenvalue weighted by atomic mass is 10.2. The van der Waals surface area contributed by atoms with Crippen molar-refractivity contribution in [2.75, 3.05) is 11.1 Å². The van der Waals surface area contributed by atoms with E-state index in [9.17, 15) is 9.18 Å². The largest absolute Gasteiger partial charge is 0.300 e. The summed E-state index contributed by atoms with van der Waals surface area (Å²) in [7, 11) is 1.70. The van der Waals surface area contributed by atoms with E-state index in [-0.39, 0.29) is 17.5 Å². The summed E-state index contributed by atoms with van der Waals surface area (Å²) in [5.41, 5.74) is 0.987. The molecule has 1 aromatic carbocycles. The van der Waals surface area contributed by atoms with Gasteiger partial charge in [-0.25, -0.2) is 9.07 Å². The summed E-state index contributed by atoms with van der Waals surface area (Å²) >= 11 is 4.00. The molecule has 1 N–H and O–H groups in total. The monoisotopic (exact) mass is 397 g/mol. The van der Waals surface area contributed by atoms with Gasteiger partial charge in [-0.05, 0) is 28.1 Å². The number of rotatable bonds is 7. The molecule has 0 fully saturated rings. The first-order valence-corrected chi connectivity index (χ1v) is 9.74. The Balaban J connectivity index is 1.46. The maximum atomic E-state index is 12.9. The fourth-order valence-corrected chi connectivity index (χ4v) is 4.05. The average molecular weight is 397 g/mol. The standard InChI is InChI=1S/C13H12FN7OS3/c1-21-12(17-19-20-21)23-7-10(22)15-11-16-18-13(25-11)24-6-8-2-4-9(14)5-3-8/h2-5H,6-7H2,1H3,(H,15,16,22). The fraction of sp³-hybridized carbons (Fsp3) is 0.231. The maximum Gasteiger partial charge on any atom is 0.236 e. The number of carbonyl (C=O) groups is 1. The first kappa shape index (κ1) is 17.8. The Hall–Kier alpha value is -2.05. The molecule has 0 atom stereocenters. The number of amides is 1. The molecular formula is C13H12FN7OS3. The molecule has 0 aliphatic carbocycles. The molecule has 0 aliphatic heterocycles. The van der Waals surface area contributed by atoms with E-state index in [1.807, 2.05) is 0 Å². The van der Waals surface area contributed by atoms with Crippen molar-refractivity contribution < 1.29 is 9.18 Å². The van der Waals surface area contributed by atoms with Crippen LogP contribution in [0.1, 0.15) is 5.56 Å². The van der Waals surface area contributed by atoms with Crippen LogP contribution < -0.4 is 5.32 Å². The summed E-state index contributed by atoms with van der Waals surface area (Å²) in [6.45, 7) is 0. The van der Waals surface area contributed by atoms with Gasteiger partial charge in [-0.15, -0.1) is 15.3 Å². The molecule has 2 aromatic heterocycles. The molecule has 0 bridgehead atoms. The van der Waals surface area contributed by atoms with Crippen LogP contribution in [0.15, 0.2) is 33.8 Å². The van der Waals surface area contributed by atoms with Crippen molar-refractivity contribution in [1.29, 1.82) is 0 Å². The van der Waals surface area contributed by atoms with Gasteiger partial charge in [0.15, 0.2) is 4.34 Å². The number of thioether (sulfide) groups is 2. The highest BCUT2D eigenvalue weighted by atomic mass is 32.2. The molecule has 2 heterocycles. The van der Waals surface area contributed by atoms with E-state index in [4.69, 9.17) is 0 Å². The van der Waals surface area contributed by atoms with Crippen molar-refractivity contribution >= 4 is 45.9 Å². The number of nitrogens with zero attached hydrogens (tertiary/aromatic N) is 6. The number of aryl methyl sites for hydroxylation is 1. The maximum absolute atomic E-state index is 12.9. The molecule has 0 radical (unpaired) electrons. The Morgan fingerprint density at radius 1 is 1.24 bits per heavy atom. The van der Waals surface area contributed by atoms with Gasteiger partial charge in [0.1, 0.15) is 5.82 Å². The Bertz CT molecular complexity index is 851. The number of halogens is 1. The highest BCUT2D eigenvalue weighted by Gasteiger charge is 2.11. The highest BCUT2D eigenvalue weighted by Crippen LogP contribution is 2.28. The molecule has 3 aromatic rings. The zero-order chi connectivity index (χ0) is 17.6.